The summed E-state index contributed by atoms with van der Waals surface area (Å²) in [6, 6.07) is 5.64. The predicted molar refractivity (Wildman–Crippen MR) is 113 cm³/mol. The highest BCUT2D eigenvalue weighted by Crippen LogP contribution is 2.26. The minimum Gasteiger partial charge on any atom is -0.353 e. The molecule has 8 heteroatoms. The van der Waals surface area contributed by atoms with E-state index in [1.807, 2.05) is 26.0 Å². The topological polar surface area (TPSA) is 78.5 Å². The third-order valence-corrected chi connectivity index (χ3v) is 7.94. The molecule has 6 nitrogen and oxygen atoms in total. The molecule has 158 valence electrons. The van der Waals surface area contributed by atoms with Crippen LogP contribution in [-0.4, -0.2) is 50.9 Å². The second-order valence-electron chi connectivity index (χ2n) is 8.03. The molecule has 1 aromatic carbocycles. The highest BCUT2D eigenvalue weighted by molar-refractivity contribution is 7.89. The standard InChI is InChI=1S/C20H31N3O3S.ClH/c1-14-4-5-19(15(2)12-14)27(25,26)23-10-7-17(8-11-23)20(24)22-18-6-9-21-13-16(18)3;/h4-5,12,16-18,21H,6-11,13H2,1-3H3,(H,22,24);1H. The highest BCUT2D eigenvalue weighted by atomic mass is 35.5. The molecule has 3 rings (SSSR count). The molecule has 0 bridgehead atoms. The minimum atomic E-state index is -3.50. The van der Waals surface area contributed by atoms with E-state index < -0.39 is 10.0 Å². The smallest absolute Gasteiger partial charge is 0.243 e. The van der Waals surface area contributed by atoms with Crippen LogP contribution in [-0.2, 0) is 14.8 Å². The second kappa shape index (κ2) is 9.57. The third-order valence-electron chi connectivity index (χ3n) is 5.89. The van der Waals surface area contributed by atoms with Crippen LogP contribution >= 0.6 is 12.4 Å². The zero-order valence-corrected chi connectivity index (χ0v) is 18.5. The number of amides is 1. The number of benzene rings is 1. The molecule has 0 saturated carbocycles. The number of sulfonamides is 1. The largest absolute Gasteiger partial charge is 0.353 e. The van der Waals surface area contributed by atoms with E-state index in [0.29, 0.717) is 36.7 Å². The molecular weight excluding hydrogens is 398 g/mol. The Hall–Kier alpha value is -1.15. The summed E-state index contributed by atoms with van der Waals surface area (Å²) >= 11 is 0. The van der Waals surface area contributed by atoms with E-state index >= 15 is 0 Å². The fourth-order valence-corrected chi connectivity index (χ4v) is 5.79. The van der Waals surface area contributed by atoms with Gasteiger partial charge in [-0.3, -0.25) is 4.79 Å². The first-order valence-corrected chi connectivity index (χ1v) is 11.3. The van der Waals surface area contributed by atoms with Crippen LogP contribution in [0.1, 0.15) is 37.3 Å². The molecule has 0 aromatic heterocycles. The average Bonchev–Trinajstić information content (AvgIpc) is 2.63. The lowest BCUT2D eigenvalue weighted by atomic mass is 9.92. The predicted octanol–water partition coefficient (Wildman–Crippen LogP) is 2.24. The average molecular weight is 430 g/mol. The number of hydrogen-bond donors (Lipinski definition) is 2. The van der Waals surface area contributed by atoms with Gasteiger partial charge in [0.15, 0.2) is 0 Å². The number of nitrogens with one attached hydrogen (secondary N) is 2. The van der Waals surface area contributed by atoms with Crippen molar-refractivity contribution in [3.63, 3.8) is 0 Å². The molecule has 1 aromatic rings. The van der Waals surface area contributed by atoms with Gasteiger partial charge in [0.05, 0.1) is 4.90 Å². The van der Waals surface area contributed by atoms with Crippen molar-refractivity contribution in [2.75, 3.05) is 26.2 Å². The maximum absolute atomic E-state index is 13.0. The van der Waals surface area contributed by atoms with E-state index in [1.54, 1.807) is 6.07 Å². The zero-order valence-electron chi connectivity index (χ0n) is 16.9. The van der Waals surface area contributed by atoms with Crippen LogP contribution in [0.15, 0.2) is 23.1 Å². The summed E-state index contributed by atoms with van der Waals surface area (Å²) in [5.41, 5.74) is 1.82. The van der Waals surface area contributed by atoms with Gasteiger partial charge in [-0.1, -0.05) is 24.6 Å². The van der Waals surface area contributed by atoms with Gasteiger partial charge in [0.25, 0.3) is 0 Å². The number of rotatable bonds is 4. The Balaban J connectivity index is 0.00000280. The van der Waals surface area contributed by atoms with Gasteiger partial charge in [-0.25, -0.2) is 8.42 Å². The molecule has 2 fully saturated rings. The van der Waals surface area contributed by atoms with Gasteiger partial charge < -0.3 is 10.6 Å². The lowest BCUT2D eigenvalue weighted by Crippen LogP contribution is -2.51. The quantitative estimate of drug-likeness (QED) is 0.769. The Morgan fingerprint density at radius 3 is 2.46 bits per heavy atom. The summed E-state index contributed by atoms with van der Waals surface area (Å²) in [6.07, 6.45) is 2.11. The van der Waals surface area contributed by atoms with Crippen LogP contribution in [0.5, 0.6) is 0 Å². The summed E-state index contributed by atoms with van der Waals surface area (Å²) < 4.78 is 27.5. The lowest BCUT2D eigenvalue weighted by molar-refractivity contribution is -0.127. The van der Waals surface area contributed by atoms with E-state index in [-0.39, 0.29) is 30.3 Å². The normalized spacial score (nSPS) is 24.4. The van der Waals surface area contributed by atoms with Gasteiger partial charge in [0.2, 0.25) is 15.9 Å². The van der Waals surface area contributed by atoms with Crippen LogP contribution < -0.4 is 10.6 Å². The number of carbonyl (C=O) groups is 1. The van der Waals surface area contributed by atoms with Crippen molar-refractivity contribution in [3.8, 4) is 0 Å². The molecule has 0 radical (unpaired) electrons. The van der Waals surface area contributed by atoms with Gasteiger partial charge in [-0.15, -0.1) is 12.4 Å². The van der Waals surface area contributed by atoms with Crippen molar-refractivity contribution in [2.24, 2.45) is 11.8 Å². The van der Waals surface area contributed by atoms with Crippen molar-refractivity contribution < 1.29 is 13.2 Å². The van der Waals surface area contributed by atoms with Crippen LogP contribution in [0.4, 0.5) is 0 Å². The molecule has 1 amide bonds. The van der Waals surface area contributed by atoms with Gasteiger partial charge >= 0.3 is 0 Å². The van der Waals surface area contributed by atoms with Crippen LogP contribution in [0.2, 0.25) is 0 Å². The van der Waals surface area contributed by atoms with Crippen molar-refractivity contribution in [1.29, 1.82) is 0 Å². The van der Waals surface area contributed by atoms with Crippen molar-refractivity contribution >= 4 is 28.3 Å². The Morgan fingerprint density at radius 1 is 1.18 bits per heavy atom. The molecule has 0 aliphatic carbocycles. The van der Waals surface area contributed by atoms with Crippen LogP contribution in [0.3, 0.4) is 0 Å². The van der Waals surface area contributed by atoms with E-state index in [9.17, 15) is 13.2 Å². The number of hydrogen-bond acceptors (Lipinski definition) is 4. The number of carbonyl (C=O) groups excluding carboxylic acids is 1. The van der Waals surface area contributed by atoms with E-state index in [1.165, 1.54) is 4.31 Å². The number of aryl methyl sites for hydroxylation is 2. The highest BCUT2D eigenvalue weighted by Gasteiger charge is 2.34. The van der Waals surface area contributed by atoms with Crippen molar-refractivity contribution in [2.45, 2.75) is 51.0 Å². The molecule has 28 heavy (non-hydrogen) atoms. The summed E-state index contributed by atoms with van der Waals surface area (Å²) in [5, 5.41) is 6.53. The van der Waals surface area contributed by atoms with Gasteiger partial charge in [-0.2, -0.15) is 4.31 Å². The number of halogens is 1. The fourth-order valence-electron chi connectivity index (χ4n) is 4.12. The molecule has 2 atom stereocenters. The second-order valence-corrected chi connectivity index (χ2v) is 9.94. The Bertz CT molecular complexity index is 792. The molecule has 2 saturated heterocycles. The monoisotopic (exact) mass is 429 g/mol. The SMILES string of the molecule is Cc1ccc(S(=O)(=O)N2CCC(C(=O)NC3CCNCC3C)CC2)c(C)c1.Cl. The van der Waals surface area contributed by atoms with E-state index in [0.717, 1.165) is 30.6 Å². The molecule has 2 heterocycles. The lowest BCUT2D eigenvalue weighted by Gasteiger charge is -2.34. The summed E-state index contributed by atoms with van der Waals surface area (Å²) in [6.45, 7) is 8.59. The summed E-state index contributed by atoms with van der Waals surface area (Å²) in [4.78, 5) is 13.0. The molecule has 2 aliphatic heterocycles. The third kappa shape index (κ3) is 5.06. The Kier molecular flexibility index (Phi) is 7.90. The van der Waals surface area contributed by atoms with Gasteiger partial charge in [0, 0.05) is 25.0 Å². The zero-order chi connectivity index (χ0) is 19.6. The summed E-state index contributed by atoms with van der Waals surface area (Å²) in [5.74, 6) is 0.405. The van der Waals surface area contributed by atoms with E-state index in [2.05, 4.69) is 17.6 Å². The van der Waals surface area contributed by atoms with E-state index in [4.69, 9.17) is 0 Å². The number of nitrogens with zero attached hydrogens (tertiary/aromatic N) is 1. The van der Waals surface area contributed by atoms with Crippen LogP contribution in [0.25, 0.3) is 0 Å². The Labute approximate surface area is 174 Å². The first-order valence-electron chi connectivity index (χ1n) is 9.87. The van der Waals surface area contributed by atoms with Crippen molar-refractivity contribution in [3.05, 3.63) is 29.3 Å². The molecule has 2 unspecified atom stereocenters. The molecule has 2 N–H and O–H groups in total. The first-order chi connectivity index (χ1) is 12.8. The van der Waals surface area contributed by atoms with Crippen LogP contribution in [0, 0.1) is 25.7 Å². The molecule has 2 aliphatic rings. The number of piperidine rings is 2. The van der Waals surface area contributed by atoms with Gasteiger partial charge in [0.1, 0.15) is 0 Å². The minimum absolute atomic E-state index is 0. The maximum atomic E-state index is 13.0. The molecule has 0 spiro atoms. The first kappa shape index (κ1) is 23.1. The van der Waals surface area contributed by atoms with Gasteiger partial charge in [-0.05, 0) is 63.7 Å². The Morgan fingerprint density at radius 2 is 1.86 bits per heavy atom. The maximum Gasteiger partial charge on any atom is 0.243 e. The molecular formula is C20H32ClN3O3S. The fraction of sp³-hybridized carbons (Fsp3) is 0.650. The summed E-state index contributed by atoms with van der Waals surface area (Å²) in [7, 11) is -3.50. The van der Waals surface area contributed by atoms with Crippen molar-refractivity contribution in [1.82, 2.24) is 14.9 Å².